The smallest absolute Gasteiger partial charge is 0.256 e. The Labute approximate surface area is 180 Å². The molecule has 0 atom stereocenters. The van der Waals surface area contributed by atoms with E-state index in [9.17, 15) is 12.8 Å². The molecular formula is C23H21FN2O4S. The van der Waals surface area contributed by atoms with Crippen LogP contribution in [-0.2, 0) is 10.0 Å². The number of allylic oxidation sites excluding steroid dienone is 2. The molecule has 0 N–H and O–H groups in total. The van der Waals surface area contributed by atoms with Crippen LogP contribution in [0.1, 0.15) is 24.8 Å². The molecule has 5 rings (SSSR count). The SMILES string of the molecule is O=S1(=O)CCN2C=CC=C(c3ccc(Oc4ccc(F)c(OC5CCC5)c4)cc3)C2=N1. The summed E-state index contributed by atoms with van der Waals surface area (Å²) in [4.78, 5) is 1.84. The van der Waals surface area contributed by atoms with Gasteiger partial charge < -0.3 is 14.4 Å². The monoisotopic (exact) mass is 440 g/mol. The van der Waals surface area contributed by atoms with Crippen LogP contribution in [0.5, 0.6) is 17.2 Å². The van der Waals surface area contributed by atoms with Gasteiger partial charge in [0.25, 0.3) is 10.0 Å². The van der Waals surface area contributed by atoms with E-state index >= 15 is 0 Å². The number of sulfonamides is 1. The Morgan fingerprint density at radius 2 is 1.84 bits per heavy atom. The standard InChI is InChI=1S/C23H21FN2O4S/c24-21-11-10-19(15-22(21)30-17-3-1-4-17)29-18-8-6-16(7-9-18)20-5-2-12-26-13-14-31(27,28)25-23(20)26/h2,5-12,15,17H,1,3-4,13-14H2. The fraction of sp³-hybridized carbons (Fsp3) is 0.261. The van der Waals surface area contributed by atoms with E-state index in [0.717, 1.165) is 30.4 Å². The van der Waals surface area contributed by atoms with E-state index in [1.807, 2.05) is 35.4 Å². The summed E-state index contributed by atoms with van der Waals surface area (Å²) in [6.45, 7) is 0.381. The summed E-state index contributed by atoms with van der Waals surface area (Å²) in [6.07, 6.45) is 8.62. The van der Waals surface area contributed by atoms with E-state index in [1.54, 1.807) is 24.3 Å². The minimum Gasteiger partial charge on any atom is -0.487 e. The average Bonchev–Trinajstić information content (AvgIpc) is 2.72. The van der Waals surface area contributed by atoms with Crippen molar-refractivity contribution in [1.29, 1.82) is 0 Å². The van der Waals surface area contributed by atoms with Gasteiger partial charge in [0.15, 0.2) is 17.4 Å². The molecule has 8 heteroatoms. The van der Waals surface area contributed by atoms with Crippen molar-refractivity contribution in [1.82, 2.24) is 4.90 Å². The summed E-state index contributed by atoms with van der Waals surface area (Å²) in [6, 6.07) is 11.7. The summed E-state index contributed by atoms with van der Waals surface area (Å²) >= 11 is 0. The summed E-state index contributed by atoms with van der Waals surface area (Å²) in [7, 11) is -3.45. The molecule has 0 saturated heterocycles. The van der Waals surface area contributed by atoms with Crippen molar-refractivity contribution < 1.29 is 22.3 Å². The summed E-state index contributed by atoms with van der Waals surface area (Å²) in [5, 5.41) is 0. The Morgan fingerprint density at radius 3 is 2.58 bits per heavy atom. The lowest BCUT2D eigenvalue weighted by molar-refractivity contribution is 0.114. The predicted octanol–water partition coefficient (Wildman–Crippen LogP) is 4.50. The van der Waals surface area contributed by atoms with Gasteiger partial charge in [0.05, 0.1) is 11.9 Å². The molecule has 1 fully saturated rings. The molecule has 2 aromatic rings. The number of hydrogen-bond acceptors (Lipinski definition) is 5. The first-order chi connectivity index (χ1) is 15.0. The van der Waals surface area contributed by atoms with Crippen molar-refractivity contribution in [2.45, 2.75) is 25.4 Å². The first-order valence-electron chi connectivity index (χ1n) is 10.2. The molecule has 3 aliphatic rings. The third kappa shape index (κ3) is 4.20. The molecule has 6 nitrogen and oxygen atoms in total. The highest BCUT2D eigenvalue weighted by Crippen LogP contribution is 2.32. The van der Waals surface area contributed by atoms with E-state index in [2.05, 4.69) is 4.40 Å². The molecule has 31 heavy (non-hydrogen) atoms. The van der Waals surface area contributed by atoms with Crippen LogP contribution in [-0.4, -0.2) is 37.6 Å². The zero-order valence-electron chi connectivity index (χ0n) is 16.7. The highest BCUT2D eigenvalue weighted by atomic mass is 32.2. The second-order valence-electron chi connectivity index (χ2n) is 7.71. The molecular weight excluding hydrogens is 419 g/mol. The third-order valence-electron chi connectivity index (χ3n) is 5.51. The van der Waals surface area contributed by atoms with Crippen LogP contribution >= 0.6 is 0 Å². The molecule has 2 aromatic carbocycles. The Balaban J connectivity index is 1.35. The average molecular weight is 440 g/mol. The molecule has 1 saturated carbocycles. The fourth-order valence-corrected chi connectivity index (χ4v) is 4.57. The minimum atomic E-state index is -3.45. The van der Waals surface area contributed by atoms with Gasteiger partial charge in [-0.05, 0) is 61.2 Å². The Morgan fingerprint density at radius 1 is 1.06 bits per heavy atom. The van der Waals surface area contributed by atoms with Crippen LogP contribution in [0.4, 0.5) is 4.39 Å². The van der Waals surface area contributed by atoms with Gasteiger partial charge >= 0.3 is 0 Å². The van der Waals surface area contributed by atoms with Gasteiger partial charge in [0, 0.05) is 24.4 Å². The number of benzene rings is 2. The topological polar surface area (TPSA) is 68.2 Å². The molecule has 0 unspecified atom stereocenters. The lowest BCUT2D eigenvalue weighted by Crippen LogP contribution is -2.37. The molecule has 2 heterocycles. The van der Waals surface area contributed by atoms with E-state index in [0.29, 0.717) is 23.9 Å². The predicted molar refractivity (Wildman–Crippen MR) is 116 cm³/mol. The number of ether oxygens (including phenoxy) is 2. The highest BCUT2D eigenvalue weighted by Gasteiger charge is 2.27. The maximum absolute atomic E-state index is 14.0. The largest absolute Gasteiger partial charge is 0.487 e. The molecule has 0 aromatic heterocycles. The van der Waals surface area contributed by atoms with Crippen LogP contribution in [0.3, 0.4) is 0 Å². The van der Waals surface area contributed by atoms with Crippen LogP contribution in [0, 0.1) is 5.82 Å². The molecule has 2 aliphatic heterocycles. The molecule has 0 spiro atoms. The lowest BCUT2D eigenvalue weighted by atomic mass is 9.96. The summed E-state index contributed by atoms with van der Waals surface area (Å²) < 4.78 is 53.5. The van der Waals surface area contributed by atoms with Crippen LogP contribution < -0.4 is 9.47 Å². The van der Waals surface area contributed by atoms with E-state index < -0.39 is 15.8 Å². The van der Waals surface area contributed by atoms with Crippen molar-refractivity contribution in [3.05, 3.63) is 72.2 Å². The van der Waals surface area contributed by atoms with Gasteiger partial charge in [-0.25, -0.2) is 12.8 Å². The van der Waals surface area contributed by atoms with E-state index in [-0.39, 0.29) is 17.6 Å². The number of halogens is 1. The third-order valence-corrected chi connectivity index (χ3v) is 6.66. The maximum Gasteiger partial charge on any atom is 0.256 e. The van der Waals surface area contributed by atoms with E-state index in [1.165, 1.54) is 6.07 Å². The van der Waals surface area contributed by atoms with Crippen LogP contribution in [0.15, 0.2) is 65.2 Å². The highest BCUT2D eigenvalue weighted by molar-refractivity contribution is 7.90. The van der Waals surface area contributed by atoms with Gasteiger partial charge in [0.1, 0.15) is 11.5 Å². The minimum absolute atomic E-state index is 0.00498. The molecule has 0 bridgehead atoms. The molecule has 160 valence electrons. The number of hydrogen-bond donors (Lipinski definition) is 0. The lowest BCUT2D eigenvalue weighted by Gasteiger charge is -2.29. The van der Waals surface area contributed by atoms with E-state index in [4.69, 9.17) is 9.47 Å². The Hall–Kier alpha value is -3.13. The Kier molecular flexibility index (Phi) is 5.02. The van der Waals surface area contributed by atoms with Gasteiger partial charge in [0.2, 0.25) is 0 Å². The summed E-state index contributed by atoms with van der Waals surface area (Å²) in [5.41, 5.74) is 1.56. The van der Waals surface area contributed by atoms with Gasteiger partial charge in [-0.1, -0.05) is 12.1 Å². The molecule has 0 radical (unpaired) electrons. The maximum atomic E-state index is 14.0. The van der Waals surface area contributed by atoms with Gasteiger partial charge in [-0.15, -0.1) is 4.40 Å². The fourth-order valence-electron chi connectivity index (χ4n) is 3.59. The molecule has 1 aliphatic carbocycles. The number of nitrogens with zero attached hydrogens (tertiary/aromatic N) is 2. The second-order valence-corrected chi connectivity index (χ2v) is 9.46. The van der Waals surface area contributed by atoms with Gasteiger partial charge in [-0.3, -0.25) is 0 Å². The summed E-state index contributed by atoms with van der Waals surface area (Å²) in [5.74, 6) is 1.29. The Bertz CT molecular complexity index is 1200. The van der Waals surface area contributed by atoms with Crippen molar-refractivity contribution >= 4 is 21.4 Å². The van der Waals surface area contributed by atoms with Crippen molar-refractivity contribution in [2.24, 2.45) is 4.40 Å². The van der Waals surface area contributed by atoms with Gasteiger partial charge in [-0.2, -0.15) is 0 Å². The van der Waals surface area contributed by atoms with Crippen molar-refractivity contribution in [2.75, 3.05) is 12.3 Å². The van der Waals surface area contributed by atoms with Crippen LogP contribution in [0.25, 0.3) is 5.57 Å². The zero-order valence-corrected chi connectivity index (χ0v) is 17.5. The normalized spacial score (nSPS) is 19.7. The number of amidine groups is 1. The first-order valence-corrected chi connectivity index (χ1v) is 11.8. The molecule has 0 amide bonds. The number of rotatable bonds is 5. The quantitative estimate of drug-likeness (QED) is 0.685. The van der Waals surface area contributed by atoms with Crippen molar-refractivity contribution in [3.63, 3.8) is 0 Å². The number of fused-ring (bicyclic) bond motifs is 1. The van der Waals surface area contributed by atoms with Crippen molar-refractivity contribution in [3.8, 4) is 17.2 Å². The van der Waals surface area contributed by atoms with Crippen LogP contribution in [0.2, 0.25) is 0 Å². The first kappa shape index (κ1) is 19.8. The second kappa shape index (κ2) is 7.85. The zero-order chi connectivity index (χ0) is 21.4.